The van der Waals surface area contributed by atoms with Crippen molar-refractivity contribution in [3.8, 4) is 0 Å². The van der Waals surface area contributed by atoms with Crippen LogP contribution in [0.1, 0.15) is 0 Å². The number of aliphatic hydroxyl groups excluding tert-OH is 4. The van der Waals surface area contributed by atoms with Crippen LogP contribution in [0.4, 0.5) is 4.79 Å². The van der Waals surface area contributed by atoms with Gasteiger partial charge < -0.3 is 35.8 Å². The molecule has 94 valence electrons. The molecule has 0 aromatic carbocycles. The first-order chi connectivity index (χ1) is 7.51. The molecule has 1 rings (SSSR count). The average molecular weight is 236 g/mol. The Balaban J connectivity index is 2.67. The lowest BCUT2D eigenvalue weighted by Gasteiger charge is -2.40. The van der Waals surface area contributed by atoms with E-state index in [0.717, 1.165) is 0 Å². The molecule has 2 amide bonds. The summed E-state index contributed by atoms with van der Waals surface area (Å²) < 4.78 is 4.83. The van der Waals surface area contributed by atoms with Gasteiger partial charge >= 0.3 is 6.03 Å². The first-order valence-electron chi connectivity index (χ1n) is 4.80. The van der Waals surface area contributed by atoms with Gasteiger partial charge in [0.15, 0.2) is 6.29 Å². The van der Waals surface area contributed by atoms with Crippen LogP contribution in [0.5, 0.6) is 0 Å². The highest BCUT2D eigenvalue weighted by Gasteiger charge is 2.44. The Labute approximate surface area is 91.8 Å². The van der Waals surface area contributed by atoms with Gasteiger partial charge in [-0.1, -0.05) is 0 Å². The number of aliphatic hydroxyl groups is 4. The molecule has 1 fully saturated rings. The first kappa shape index (κ1) is 13.1. The highest BCUT2D eigenvalue weighted by molar-refractivity contribution is 5.73. The van der Waals surface area contributed by atoms with Crippen molar-refractivity contribution in [1.29, 1.82) is 0 Å². The predicted octanol–water partition coefficient (Wildman–Crippen LogP) is -3.28. The van der Waals surface area contributed by atoms with Crippen LogP contribution >= 0.6 is 0 Å². The van der Waals surface area contributed by atoms with Gasteiger partial charge in [0.1, 0.15) is 24.4 Å². The van der Waals surface area contributed by atoms with Gasteiger partial charge in [-0.25, -0.2) is 4.79 Å². The normalized spacial score (nSPS) is 39.2. The SMILES string of the molecule is CNC(=O)N[C@H]1[C@H](O)[C@H](O)[C@H](CO)O[C@@H]1O. The van der Waals surface area contributed by atoms with Crippen LogP contribution in [0.2, 0.25) is 0 Å². The van der Waals surface area contributed by atoms with Crippen LogP contribution < -0.4 is 10.6 Å². The van der Waals surface area contributed by atoms with E-state index >= 15 is 0 Å². The number of rotatable bonds is 2. The van der Waals surface area contributed by atoms with Crippen molar-refractivity contribution in [2.45, 2.75) is 30.6 Å². The molecule has 0 bridgehead atoms. The third kappa shape index (κ3) is 2.60. The number of hydrogen-bond donors (Lipinski definition) is 6. The molecular formula is C8H16N2O6. The predicted molar refractivity (Wildman–Crippen MR) is 51.4 cm³/mol. The summed E-state index contributed by atoms with van der Waals surface area (Å²) in [7, 11) is 1.37. The summed E-state index contributed by atoms with van der Waals surface area (Å²) in [6.07, 6.45) is -5.37. The van der Waals surface area contributed by atoms with Gasteiger partial charge in [0.25, 0.3) is 0 Å². The van der Waals surface area contributed by atoms with Gasteiger partial charge in [0.2, 0.25) is 0 Å². The Morgan fingerprint density at radius 2 is 1.94 bits per heavy atom. The number of nitrogens with one attached hydrogen (secondary N) is 2. The lowest BCUT2D eigenvalue weighted by atomic mass is 9.97. The first-order valence-corrected chi connectivity index (χ1v) is 4.80. The summed E-state index contributed by atoms with van der Waals surface area (Å²) in [6, 6.07) is -1.78. The highest BCUT2D eigenvalue weighted by atomic mass is 16.6. The minimum atomic E-state index is -1.49. The number of ether oxygens (including phenoxy) is 1. The van der Waals surface area contributed by atoms with Crippen molar-refractivity contribution in [1.82, 2.24) is 10.6 Å². The van der Waals surface area contributed by atoms with E-state index in [1.165, 1.54) is 7.05 Å². The molecule has 0 aromatic rings. The van der Waals surface area contributed by atoms with E-state index < -0.39 is 43.3 Å². The third-order valence-corrected chi connectivity index (χ3v) is 2.42. The summed E-state index contributed by atoms with van der Waals surface area (Å²) in [5, 5.41) is 41.8. The minimum absolute atomic E-state index is 0.540. The van der Waals surface area contributed by atoms with E-state index in [1.54, 1.807) is 0 Å². The maximum Gasteiger partial charge on any atom is 0.315 e. The van der Waals surface area contributed by atoms with Crippen molar-refractivity contribution >= 4 is 6.03 Å². The Kier molecular flexibility index (Phi) is 4.44. The molecule has 0 spiro atoms. The maximum atomic E-state index is 11.0. The lowest BCUT2D eigenvalue weighted by Crippen LogP contribution is -2.64. The zero-order valence-corrected chi connectivity index (χ0v) is 8.70. The molecule has 5 atom stereocenters. The van der Waals surface area contributed by atoms with Crippen molar-refractivity contribution in [2.75, 3.05) is 13.7 Å². The van der Waals surface area contributed by atoms with E-state index in [0.29, 0.717) is 0 Å². The van der Waals surface area contributed by atoms with Crippen LogP contribution in [-0.2, 0) is 4.74 Å². The van der Waals surface area contributed by atoms with Crippen LogP contribution in [0.3, 0.4) is 0 Å². The lowest BCUT2D eigenvalue weighted by molar-refractivity contribution is -0.252. The fourth-order valence-electron chi connectivity index (χ4n) is 1.48. The van der Waals surface area contributed by atoms with Gasteiger partial charge in [-0.2, -0.15) is 0 Å². The molecule has 0 aromatic heterocycles. The Morgan fingerprint density at radius 3 is 2.44 bits per heavy atom. The van der Waals surface area contributed by atoms with Crippen molar-refractivity contribution in [3.05, 3.63) is 0 Å². The summed E-state index contributed by atoms with van der Waals surface area (Å²) in [5.74, 6) is 0. The minimum Gasteiger partial charge on any atom is -0.394 e. The number of urea groups is 1. The maximum absolute atomic E-state index is 11.0. The molecule has 16 heavy (non-hydrogen) atoms. The highest BCUT2D eigenvalue weighted by Crippen LogP contribution is 2.19. The average Bonchev–Trinajstić information content (AvgIpc) is 2.28. The topological polar surface area (TPSA) is 131 Å². The second-order valence-electron chi connectivity index (χ2n) is 3.48. The molecule has 0 aliphatic carbocycles. The quantitative estimate of drug-likeness (QED) is 0.298. The number of carbonyl (C=O) groups is 1. The van der Waals surface area contributed by atoms with Gasteiger partial charge in [-0.3, -0.25) is 0 Å². The Bertz CT molecular complexity index is 251. The van der Waals surface area contributed by atoms with Crippen LogP contribution in [-0.4, -0.2) is 70.8 Å². The number of carbonyl (C=O) groups excluding carboxylic acids is 1. The molecule has 0 saturated carbocycles. The summed E-state index contributed by atoms with van der Waals surface area (Å²) in [5.41, 5.74) is 0. The van der Waals surface area contributed by atoms with E-state index in [2.05, 4.69) is 10.6 Å². The summed E-state index contributed by atoms with van der Waals surface area (Å²) in [4.78, 5) is 11.0. The molecular weight excluding hydrogens is 220 g/mol. The molecule has 8 heteroatoms. The second-order valence-corrected chi connectivity index (χ2v) is 3.48. The van der Waals surface area contributed by atoms with Crippen LogP contribution in [0.15, 0.2) is 0 Å². The molecule has 6 N–H and O–H groups in total. The molecule has 8 nitrogen and oxygen atoms in total. The summed E-state index contributed by atoms with van der Waals surface area (Å²) in [6.45, 7) is -0.540. The third-order valence-electron chi connectivity index (χ3n) is 2.42. The van der Waals surface area contributed by atoms with E-state index in [9.17, 15) is 20.1 Å². The van der Waals surface area contributed by atoms with Gasteiger partial charge in [-0.15, -0.1) is 0 Å². The number of amides is 2. The Hall–Kier alpha value is -0.930. The molecule has 0 unspecified atom stereocenters. The standard InChI is InChI=1S/C8H16N2O6/c1-9-8(15)10-4-6(13)5(12)3(2-11)16-7(4)14/h3-7,11-14H,2H2,1H3,(H2,9,10,15)/t3-,4-,5+,6-,7-/m0/s1. The van der Waals surface area contributed by atoms with Gasteiger partial charge in [0.05, 0.1) is 6.61 Å². The molecule has 1 aliphatic rings. The largest absolute Gasteiger partial charge is 0.394 e. The van der Waals surface area contributed by atoms with Gasteiger partial charge in [-0.05, 0) is 0 Å². The van der Waals surface area contributed by atoms with Crippen LogP contribution in [0.25, 0.3) is 0 Å². The van der Waals surface area contributed by atoms with Crippen molar-refractivity contribution < 1.29 is 30.0 Å². The summed E-state index contributed by atoms with van der Waals surface area (Å²) >= 11 is 0. The molecule has 0 radical (unpaired) electrons. The smallest absolute Gasteiger partial charge is 0.315 e. The van der Waals surface area contributed by atoms with Crippen molar-refractivity contribution in [2.24, 2.45) is 0 Å². The fraction of sp³-hybridized carbons (Fsp3) is 0.875. The van der Waals surface area contributed by atoms with Crippen LogP contribution in [0, 0.1) is 0 Å². The zero-order chi connectivity index (χ0) is 12.3. The Morgan fingerprint density at radius 1 is 1.31 bits per heavy atom. The van der Waals surface area contributed by atoms with E-state index in [-0.39, 0.29) is 0 Å². The zero-order valence-electron chi connectivity index (χ0n) is 8.70. The van der Waals surface area contributed by atoms with E-state index in [1.807, 2.05) is 0 Å². The molecule has 1 aliphatic heterocycles. The molecule has 1 saturated heterocycles. The van der Waals surface area contributed by atoms with Gasteiger partial charge in [0, 0.05) is 7.05 Å². The monoisotopic (exact) mass is 236 g/mol. The fourth-order valence-corrected chi connectivity index (χ4v) is 1.48. The second kappa shape index (κ2) is 5.41. The van der Waals surface area contributed by atoms with E-state index in [4.69, 9.17) is 9.84 Å². The number of hydrogen-bond acceptors (Lipinski definition) is 6. The van der Waals surface area contributed by atoms with Crippen molar-refractivity contribution in [3.63, 3.8) is 0 Å². The molecule has 1 heterocycles.